The Kier molecular flexibility index (Phi) is 4.95. The number of anilines is 1. The molecule has 4 heterocycles. The minimum Gasteiger partial charge on any atom is -0.353 e. The van der Waals surface area contributed by atoms with Gasteiger partial charge in [-0.05, 0) is 48.2 Å². The Morgan fingerprint density at radius 2 is 1.76 bits per heavy atom. The molecule has 1 aliphatic heterocycles. The Morgan fingerprint density at radius 1 is 0.966 bits per heavy atom. The van der Waals surface area contributed by atoms with Gasteiger partial charge in [0.05, 0.1) is 0 Å². The summed E-state index contributed by atoms with van der Waals surface area (Å²) in [7, 11) is 0. The lowest BCUT2D eigenvalue weighted by Gasteiger charge is -2.38. The van der Waals surface area contributed by atoms with Crippen LogP contribution in [0.2, 0.25) is 5.02 Å². The quantitative estimate of drug-likeness (QED) is 0.486. The summed E-state index contributed by atoms with van der Waals surface area (Å²) in [4.78, 5) is 4.84. The molecule has 1 saturated heterocycles. The predicted octanol–water partition coefficient (Wildman–Crippen LogP) is 4.39. The molecule has 29 heavy (non-hydrogen) atoms. The van der Waals surface area contributed by atoms with Crippen LogP contribution in [0.15, 0.2) is 53.2 Å². The van der Waals surface area contributed by atoms with Crippen molar-refractivity contribution in [3.8, 4) is 11.4 Å². The Hall–Kier alpha value is -2.48. The SMILES string of the molecule is CC(c1ccc(Cl)cc1)N1CCN(c2ccc3nnc(-c4ccsc4)n3n2)CC1. The van der Waals surface area contributed by atoms with Crippen LogP contribution in [0.1, 0.15) is 18.5 Å². The van der Waals surface area contributed by atoms with Gasteiger partial charge in [0.25, 0.3) is 0 Å². The van der Waals surface area contributed by atoms with Crippen molar-refractivity contribution >= 4 is 34.4 Å². The summed E-state index contributed by atoms with van der Waals surface area (Å²) < 4.78 is 1.85. The zero-order chi connectivity index (χ0) is 19.8. The van der Waals surface area contributed by atoms with E-state index < -0.39 is 0 Å². The molecular weight excluding hydrogens is 404 g/mol. The largest absolute Gasteiger partial charge is 0.353 e. The van der Waals surface area contributed by atoms with Crippen LogP contribution in [-0.2, 0) is 0 Å². The molecule has 0 amide bonds. The van der Waals surface area contributed by atoms with Gasteiger partial charge < -0.3 is 4.90 Å². The van der Waals surface area contributed by atoms with Crippen molar-refractivity contribution in [2.24, 2.45) is 0 Å². The van der Waals surface area contributed by atoms with E-state index >= 15 is 0 Å². The molecule has 3 aromatic heterocycles. The van der Waals surface area contributed by atoms with Crippen LogP contribution in [0, 0.1) is 0 Å². The maximum absolute atomic E-state index is 6.03. The predicted molar refractivity (Wildman–Crippen MR) is 118 cm³/mol. The monoisotopic (exact) mass is 424 g/mol. The van der Waals surface area contributed by atoms with Crippen LogP contribution < -0.4 is 4.90 Å². The molecule has 1 fully saturated rings. The number of piperazine rings is 1. The van der Waals surface area contributed by atoms with Crippen molar-refractivity contribution in [3.63, 3.8) is 0 Å². The highest BCUT2D eigenvalue weighted by Gasteiger charge is 2.23. The number of nitrogens with zero attached hydrogens (tertiary/aromatic N) is 6. The van der Waals surface area contributed by atoms with E-state index in [9.17, 15) is 0 Å². The topological polar surface area (TPSA) is 49.6 Å². The lowest BCUT2D eigenvalue weighted by atomic mass is 10.1. The fourth-order valence-electron chi connectivity index (χ4n) is 3.81. The number of halogens is 1. The Balaban J connectivity index is 1.32. The third-order valence-electron chi connectivity index (χ3n) is 5.57. The lowest BCUT2D eigenvalue weighted by Crippen LogP contribution is -2.47. The maximum Gasteiger partial charge on any atom is 0.186 e. The van der Waals surface area contributed by atoms with Crippen molar-refractivity contribution in [2.45, 2.75) is 13.0 Å². The van der Waals surface area contributed by atoms with Gasteiger partial charge in [0, 0.05) is 48.2 Å². The molecule has 6 nitrogen and oxygen atoms in total. The van der Waals surface area contributed by atoms with E-state index in [-0.39, 0.29) is 0 Å². The lowest BCUT2D eigenvalue weighted by molar-refractivity contribution is 0.198. The highest BCUT2D eigenvalue weighted by Crippen LogP contribution is 2.25. The van der Waals surface area contributed by atoms with Crippen molar-refractivity contribution in [1.82, 2.24) is 24.7 Å². The van der Waals surface area contributed by atoms with Gasteiger partial charge >= 0.3 is 0 Å². The first-order chi connectivity index (χ1) is 14.2. The van der Waals surface area contributed by atoms with E-state index in [0.29, 0.717) is 6.04 Å². The summed E-state index contributed by atoms with van der Waals surface area (Å²) in [6.45, 7) is 6.11. The molecule has 0 N–H and O–H groups in total. The van der Waals surface area contributed by atoms with Gasteiger partial charge in [-0.1, -0.05) is 23.7 Å². The Labute approximate surface area is 178 Å². The number of fused-ring (bicyclic) bond motifs is 1. The third kappa shape index (κ3) is 3.61. The molecule has 0 aliphatic carbocycles. The molecule has 1 aliphatic rings. The number of rotatable bonds is 4. The van der Waals surface area contributed by atoms with Gasteiger partial charge in [-0.2, -0.15) is 15.9 Å². The molecular formula is C21H21ClN6S. The van der Waals surface area contributed by atoms with Crippen molar-refractivity contribution in [3.05, 3.63) is 63.8 Å². The minimum atomic E-state index is 0.368. The first kappa shape index (κ1) is 18.5. The molecule has 1 unspecified atom stereocenters. The molecule has 148 valence electrons. The molecule has 0 bridgehead atoms. The molecule has 8 heteroatoms. The number of hydrogen-bond acceptors (Lipinski definition) is 6. The normalized spacial score (nSPS) is 16.4. The van der Waals surface area contributed by atoms with Crippen LogP contribution in [0.5, 0.6) is 0 Å². The van der Waals surface area contributed by atoms with Gasteiger partial charge in [0.2, 0.25) is 0 Å². The second-order valence-corrected chi connectivity index (χ2v) is 8.46. The first-order valence-corrected chi connectivity index (χ1v) is 11.0. The van der Waals surface area contributed by atoms with Gasteiger partial charge in [-0.25, -0.2) is 0 Å². The maximum atomic E-state index is 6.03. The third-order valence-corrected chi connectivity index (χ3v) is 6.50. The highest BCUT2D eigenvalue weighted by molar-refractivity contribution is 7.08. The van der Waals surface area contributed by atoms with E-state index in [1.807, 2.05) is 40.2 Å². The fourth-order valence-corrected chi connectivity index (χ4v) is 4.57. The zero-order valence-electron chi connectivity index (χ0n) is 16.1. The van der Waals surface area contributed by atoms with E-state index in [1.54, 1.807) is 11.3 Å². The molecule has 4 aromatic rings. The van der Waals surface area contributed by atoms with Crippen molar-refractivity contribution < 1.29 is 0 Å². The molecule has 1 aromatic carbocycles. The van der Waals surface area contributed by atoms with E-state index in [4.69, 9.17) is 16.7 Å². The van der Waals surface area contributed by atoms with Crippen LogP contribution in [0.4, 0.5) is 5.82 Å². The first-order valence-electron chi connectivity index (χ1n) is 9.68. The van der Waals surface area contributed by atoms with Crippen molar-refractivity contribution in [1.29, 1.82) is 0 Å². The number of aromatic nitrogens is 4. The molecule has 0 spiro atoms. The summed E-state index contributed by atoms with van der Waals surface area (Å²) in [5.41, 5.74) is 3.12. The Bertz CT molecular complexity index is 1100. The number of thiophene rings is 1. The molecule has 5 rings (SSSR count). The highest BCUT2D eigenvalue weighted by atomic mass is 35.5. The second-order valence-electron chi connectivity index (χ2n) is 7.25. The van der Waals surface area contributed by atoms with Crippen molar-refractivity contribution in [2.75, 3.05) is 31.1 Å². The van der Waals surface area contributed by atoms with Gasteiger partial charge in [0.15, 0.2) is 11.5 Å². The van der Waals surface area contributed by atoms with Crippen LogP contribution in [0.3, 0.4) is 0 Å². The van der Waals surface area contributed by atoms with E-state index in [1.165, 1.54) is 5.56 Å². The molecule has 0 saturated carbocycles. The van der Waals surface area contributed by atoms with Crippen LogP contribution in [-0.4, -0.2) is 50.9 Å². The summed E-state index contributed by atoms with van der Waals surface area (Å²) in [6, 6.07) is 14.6. The second kappa shape index (κ2) is 7.74. The summed E-state index contributed by atoms with van der Waals surface area (Å²) in [5, 5.41) is 18.3. The fraction of sp³-hybridized carbons (Fsp3) is 0.286. The van der Waals surface area contributed by atoms with Gasteiger partial charge in [-0.3, -0.25) is 4.90 Å². The molecule has 0 radical (unpaired) electrons. The van der Waals surface area contributed by atoms with Gasteiger partial charge in [0.1, 0.15) is 5.82 Å². The summed E-state index contributed by atoms with van der Waals surface area (Å²) in [6.07, 6.45) is 0. The zero-order valence-corrected chi connectivity index (χ0v) is 17.6. The minimum absolute atomic E-state index is 0.368. The smallest absolute Gasteiger partial charge is 0.186 e. The summed E-state index contributed by atoms with van der Waals surface area (Å²) >= 11 is 7.68. The Morgan fingerprint density at radius 3 is 2.48 bits per heavy atom. The average Bonchev–Trinajstić information content (AvgIpc) is 3.43. The average molecular weight is 425 g/mol. The summed E-state index contributed by atoms with van der Waals surface area (Å²) in [5.74, 6) is 1.76. The van der Waals surface area contributed by atoms with E-state index in [2.05, 4.69) is 44.4 Å². The number of benzene rings is 1. The van der Waals surface area contributed by atoms with E-state index in [0.717, 1.165) is 54.1 Å². The number of hydrogen-bond donors (Lipinski definition) is 0. The van der Waals surface area contributed by atoms with Crippen LogP contribution >= 0.6 is 22.9 Å². The standard InChI is InChI=1S/C21H21ClN6S/c1-15(16-2-4-18(22)5-3-16)26-9-11-27(12-10-26)20-7-6-19-23-24-21(28(19)25-20)17-8-13-29-14-17/h2-8,13-15H,9-12H2,1H3. The molecule has 1 atom stereocenters. The van der Waals surface area contributed by atoms with Crippen LogP contribution in [0.25, 0.3) is 17.0 Å². The van der Waals surface area contributed by atoms with Gasteiger partial charge in [-0.15, -0.1) is 15.3 Å².